The number of halogens is 2. The van der Waals surface area contributed by atoms with Gasteiger partial charge in [0.1, 0.15) is 0 Å². The van der Waals surface area contributed by atoms with E-state index >= 15 is 0 Å². The van der Waals surface area contributed by atoms with Gasteiger partial charge < -0.3 is 0 Å². The molecule has 0 saturated carbocycles. The van der Waals surface area contributed by atoms with Crippen molar-refractivity contribution in [1.29, 1.82) is 0 Å². The molecule has 0 radical (unpaired) electrons. The van der Waals surface area contributed by atoms with Crippen LogP contribution in [0.2, 0.25) is 0 Å². The fourth-order valence-electron chi connectivity index (χ4n) is 0.690. The van der Waals surface area contributed by atoms with Crippen LogP contribution in [0.3, 0.4) is 0 Å². The Morgan fingerprint density at radius 3 is 2.50 bits per heavy atom. The highest BCUT2D eigenvalue weighted by Crippen LogP contribution is 2.19. The van der Waals surface area contributed by atoms with Crippen LogP contribution in [-0.4, -0.2) is 18.3 Å². The van der Waals surface area contributed by atoms with E-state index in [1.54, 1.807) is 0 Å². The zero-order chi connectivity index (χ0) is 10.9. The van der Waals surface area contributed by atoms with Gasteiger partial charge in [-0.05, 0) is 0 Å². The molecule has 0 aromatic carbocycles. The summed E-state index contributed by atoms with van der Waals surface area (Å²) in [4.78, 5) is 12.2. The third-order valence-electron chi connectivity index (χ3n) is 1.22. The van der Waals surface area contributed by atoms with E-state index in [0.29, 0.717) is 12.1 Å². The van der Waals surface area contributed by atoms with Gasteiger partial charge in [0.05, 0.1) is 17.1 Å². The van der Waals surface area contributed by atoms with Crippen LogP contribution in [-0.2, 0) is 9.05 Å². The predicted molar refractivity (Wildman–Crippen MR) is 43.9 cm³/mol. The van der Waals surface area contributed by atoms with E-state index in [9.17, 15) is 22.9 Å². The van der Waals surface area contributed by atoms with E-state index in [-0.39, 0.29) is 0 Å². The first-order chi connectivity index (χ1) is 6.30. The number of hydrogen-bond acceptors (Lipinski definition) is 5. The highest BCUT2D eigenvalue weighted by molar-refractivity contribution is 8.13. The molecule has 1 aromatic rings. The summed E-state index contributed by atoms with van der Waals surface area (Å²) in [6, 6.07) is 1.07. The van der Waals surface area contributed by atoms with Crippen molar-refractivity contribution in [2.45, 2.75) is 5.03 Å². The van der Waals surface area contributed by atoms with Gasteiger partial charge in [-0.1, -0.05) is 0 Å². The molecule has 0 fully saturated rings. The fourth-order valence-corrected chi connectivity index (χ4v) is 1.39. The lowest BCUT2D eigenvalue weighted by molar-refractivity contribution is -0.385. The molecule has 0 aliphatic heterocycles. The Hall–Kier alpha value is -1.28. The largest absolute Gasteiger partial charge is 0.279 e. The monoisotopic (exact) mass is 240 g/mol. The Morgan fingerprint density at radius 1 is 1.50 bits per heavy atom. The highest BCUT2D eigenvalue weighted by Gasteiger charge is 2.19. The SMILES string of the molecule is O=[N+]([O-])c1cc(F)nc(S(=O)(=O)Cl)c1. The molecule has 14 heavy (non-hydrogen) atoms. The van der Waals surface area contributed by atoms with Crippen molar-refractivity contribution in [2.24, 2.45) is 0 Å². The first-order valence-electron chi connectivity index (χ1n) is 3.07. The van der Waals surface area contributed by atoms with Crippen LogP contribution in [0.5, 0.6) is 0 Å². The van der Waals surface area contributed by atoms with Crippen LogP contribution in [0.1, 0.15) is 0 Å². The summed E-state index contributed by atoms with van der Waals surface area (Å²) in [5.74, 6) is -1.28. The molecule has 76 valence electrons. The van der Waals surface area contributed by atoms with Crippen LogP contribution < -0.4 is 0 Å². The van der Waals surface area contributed by atoms with E-state index < -0.39 is 30.6 Å². The first kappa shape index (κ1) is 10.8. The number of aromatic nitrogens is 1. The van der Waals surface area contributed by atoms with Crippen LogP contribution in [0, 0.1) is 16.1 Å². The number of pyridine rings is 1. The van der Waals surface area contributed by atoms with Gasteiger partial charge in [-0.15, -0.1) is 0 Å². The molecular formula is C5H2ClFN2O4S. The average Bonchev–Trinajstić information content (AvgIpc) is 2.01. The van der Waals surface area contributed by atoms with Gasteiger partial charge in [-0.2, -0.15) is 4.39 Å². The topological polar surface area (TPSA) is 90.2 Å². The molecule has 6 nitrogen and oxygen atoms in total. The molecule has 1 rings (SSSR count). The van der Waals surface area contributed by atoms with Crippen molar-refractivity contribution in [3.63, 3.8) is 0 Å². The van der Waals surface area contributed by atoms with Gasteiger partial charge in [-0.25, -0.2) is 13.4 Å². The first-order valence-corrected chi connectivity index (χ1v) is 5.38. The summed E-state index contributed by atoms with van der Waals surface area (Å²) in [5.41, 5.74) is -0.725. The molecular weight excluding hydrogens is 239 g/mol. The minimum atomic E-state index is -4.26. The third-order valence-corrected chi connectivity index (χ3v) is 2.40. The predicted octanol–water partition coefficient (Wildman–Crippen LogP) is 1.06. The van der Waals surface area contributed by atoms with Crippen molar-refractivity contribution in [3.8, 4) is 0 Å². The molecule has 0 aliphatic carbocycles. The number of nitrogens with zero attached hydrogens (tertiary/aromatic N) is 2. The Morgan fingerprint density at radius 2 is 2.07 bits per heavy atom. The van der Waals surface area contributed by atoms with Gasteiger partial charge in [0.2, 0.25) is 5.95 Å². The zero-order valence-corrected chi connectivity index (χ0v) is 7.92. The molecule has 1 aromatic heterocycles. The lowest BCUT2D eigenvalue weighted by Crippen LogP contribution is -2.00. The van der Waals surface area contributed by atoms with E-state index in [0.717, 1.165) is 0 Å². The molecule has 1 heterocycles. The van der Waals surface area contributed by atoms with E-state index in [2.05, 4.69) is 4.98 Å². The number of rotatable bonds is 2. The number of hydrogen-bond donors (Lipinski definition) is 0. The van der Waals surface area contributed by atoms with Crippen molar-refractivity contribution < 1.29 is 17.7 Å². The minimum Gasteiger partial charge on any atom is -0.258 e. The van der Waals surface area contributed by atoms with Crippen molar-refractivity contribution >= 4 is 25.4 Å². The molecule has 0 N–H and O–H groups in total. The molecule has 0 aliphatic rings. The van der Waals surface area contributed by atoms with Crippen LogP contribution >= 0.6 is 10.7 Å². The molecule has 0 spiro atoms. The zero-order valence-electron chi connectivity index (χ0n) is 6.35. The number of nitro groups is 1. The lowest BCUT2D eigenvalue weighted by Gasteiger charge is -1.95. The van der Waals surface area contributed by atoms with Crippen LogP contribution in [0.15, 0.2) is 17.2 Å². The second-order valence-electron chi connectivity index (χ2n) is 2.18. The summed E-state index contributed by atoms with van der Waals surface area (Å²) in [6.45, 7) is 0. The minimum absolute atomic E-state index is 0.492. The maximum Gasteiger partial charge on any atom is 0.279 e. The van der Waals surface area contributed by atoms with Crippen molar-refractivity contribution in [3.05, 3.63) is 28.2 Å². The summed E-state index contributed by atoms with van der Waals surface area (Å²) < 4.78 is 33.9. The summed E-state index contributed by atoms with van der Waals surface area (Å²) in [7, 11) is 0.563. The molecule has 9 heteroatoms. The normalized spacial score (nSPS) is 11.3. The standard InChI is InChI=1S/C5H2ClFN2O4S/c6-14(12,13)5-2-3(9(10)11)1-4(7)8-5/h1-2H. The molecule has 0 atom stereocenters. The van der Waals surface area contributed by atoms with Gasteiger partial charge >= 0.3 is 0 Å². The van der Waals surface area contributed by atoms with Gasteiger partial charge in [0.25, 0.3) is 14.7 Å². The van der Waals surface area contributed by atoms with E-state index in [1.807, 2.05) is 0 Å². The Kier molecular flexibility index (Phi) is 2.67. The summed E-state index contributed by atoms with van der Waals surface area (Å²) in [5, 5.41) is 9.32. The fraction of sp³-hybridized carbons (Fsp3) is 0. The van der Waals surface area contributed by atoms with Crippen LogP contribution in [0.25, 0.3) is 0 Å². The average molecular weight is 241 g/mol. The molecule has 0 saturated heterocycles. The third kappa shape index (κ3) is 2.36. The smallest absolute Gasteiger partial charge is 0.258 e. The second kappa shape index (κ2) is 3.46. The van der Waals surface area contributed by atoms with Crippen molar-refractivity contribution in [2.75, 3.05) is 0 Å². The quantitative estimate of drug-likeness (QED) is 0.334. The molecule has 0 unspecified atom stereocenters. The highest BCUT2D eigenvalue weighted by atomic mass is 35.7. The summed E-state index contributed by atoms with van der Waals surface area (Å²) >= 11 is 0. The Labute approximate surface area is 81.9 Å². The second-order valence-corrected chi connectivity index (χ2v) is 4.69. The maximum absolute atomic E-state index is 12.6. The summed E-state index contributed by atoms with van der Waals surface area (Å²) in [6.07, 6.45) is 0. The van der Waals surface area contributed by atoms with Crippen LogP contribution in [0.4, 0.5) is 10.1 Å². The van der Waals surface area contributed by atoms with Gasteiger partial charge in [-0.3, -0.25) is 10.1 Å². The lowest BCUT2D eigenvalue weighted by atomic mass is 10.4. The van der Waals surface area contributed by atoms with Crippen molar-refractivity contribution in [1.82, 2.24) is 4.98 Å². The van der Waals surface area contributed by atoms with E-state index in [4.69, 9.17) is 10.7 Å². The molecule has 0 bridgehead atoms. The molecule has 0 amide bonds. The van der Waals surface area contributed by atoms with E-state index in [1.165, 1.54) is 0 Å². The maximum atomic E-state index is 12.6. The van der Waals surface area contributed by atoms with Gasteiger partial charge in [0, 0.05) is 10.7 Å². The Balaban J connectivity index is 3.43. The van der Waals surface area contributed by atoms with Gasteiger partial charge in [0.15, 0.2) is 5.03 Å². The Bertz CT molecular complexity index is 489.